The third kappa shape index (κ3) is 3.47. The van der Waals surface area contributed by atoms with Gasteiger partial charge >= 0.3 is 0 Å². The fourth-order valence-electron chi connectivity index (χ4n) is 2.09. The molecule has 0 spiro atoms. The number of halogens is 1. The second-order valence-corrected chi connectivity index (χ2v) is 8.70. The molecule has 2 rings (SSSR count). The van der Waals surface area contributed by atoms with Gasteiger partial charge in [0.15, 0.2) is 9.84 Å². The van der Waals surface area contributed by atoms with Gasteiger partial charge < -0.3 is 5.73 Å². The summed E-state index contributed by atoms with van der Waals surface area (Å²) < 4.78 is 62.5. The number of sulfone groups is 1. The highest BCUT2D eigenvalue weighted by atomic mass is 32.2. The molecular weight excluding hydrogens is 307 g/mol. The number of hydrogen-bond acceptors (Lipinski definition) is 5. The first-order valence-electron chi connectivity index (χ1n) is 5.97. The summed E-state index contributed by atoms with van der Waals surface area (Å²) in [5.74, 6) is -0.846. The highest BCUT2D eigenvalue weighted by Crippen LogP contribution is 2.19. The highest BCUT2D eigenvalue weighted by molar-refractivity contribution is 7.91. The van der Waals surface area contributed by atoms with Gasteiger partial charge in [-0.1, -0.05) is 0 Å². The summed E-state index contributed by atoms with van der Waals surface area (Å²) in [4.78, 5) is -0.181. The number of hydrogen-bond donors (Lipinski definition) is 2. The Morgan fingerprint density at radius 2 is 2.05 bits per heavy atom. The lowest BCUT2D eigenvalue weighted by atomic mass is 10.2. The van der Waals surface area contributed by atoms with Crippen molar-refractivity contribution in [3.05, 3.63) is 24.0 Å². The van der Waals surface area contributed by atoms with E-state index in [9.17, 15) is 21.2 Å². The number of nitrogens with two attached hydrogens (primary N) is 1. The van der Waals surface area contributed by atoms with E-state index >= 15 is 0 Å². The van der Waals surface area contributed by atoms with Crippen LogP contribution in [-0.2, 0) is 19.9 Å². The number of anilines is 1. The van der Waals surface area contributed by atoms with Crippen LogP contribution >= 0.6 is 0 Å². The van der Waals surface area contributed by atoms with Gasteiger partial charge in [0.25, 0.3) is 0 Å². The summed E-state index contributed by atoms with van der Waals surface area (Å²) in [6.45, 7) is 0. The number of sulfonamides is 1. The van der Waals surface area contributed by atoms with Crippen LogP contribution in [0.4, 0.5) is 10.1 Å². The molecule has 0 saturated carbocycles. The molecule has 0 amide bonds. The van der Waals surface area contributed by atoms with Gasteiger partial charge in [0.1, 0.15) is 5.82 Å². The van der Waals surface area contributed by atoms with Crippen molar-refractivity contribution in [2.45, 2.75) is 23.8 Å². The molecule has 20 heavy (non-hydrogen) atoms. The van der Waals surface area contributed by atoms with Crippen molar-refractivity contribution in [2.24, 2.45) is 0 Å². The van der Waals surface area contributed by atoms with E-state index in [1.807, 2.05) is 0 Å². The van der Waals surface area contributed by atoms with Gasteiger partial charge in [0.2, 0.25) is 10.0 Å². The molecule has 0 aromatic heterocycles. The molecule has 1 heterocycles. The highest BCUT2D eigenvalue weighted by Gasteiger charge is 2.28. The summed E-state index contributed by atoms with van der Waals surface area (Å²) in [5, 5.41) is 0. The number of nitrogens with one attached hydrogen (secondary N) is 1. The topological polar surface area (TPSA) is 106 Å². The van der Waals surface area contributed by atoms with Crippen molar-refractivity contribution < 1.29 is 21.2 Å². The van der Waals surface area contributed by atoms with E-state index in [0.29, 0.717) is 12.8 Å². The van der Waals surface area contributed by atoms with Gasteiger partial charge in [-0.15, -0.1) is 0 Å². The molecule has 3 N–H and O–H groups in total. The molecule has 1 unspecified atom stereocenters. The van der Waals surface area contributed by atoms with Gasteiger partial charge in [-0.3, -0.25) is 0 Å². The molecule has 9 heteroatoms. The van der Waals surface area contributed by atoms with E-state index in [-0.39, 0.29) is 22.1 Å². The number of benzene rings is 1. The van der Waals surface area contributed by atoms with Gasteiger partial charge in [-0.2, -0.15) is 0 Å². The lowest BCUT2D eigenvalue weighted by Crippen LogP contribution is -2.43. The molecular formula is C11H15FN2O4S2. The van der Waals surface area contributed by atoms with Crippen molar-refractivity contribution in [1.29, 1.82) is 0 Å². The second kappa shape index (κ2) is 5.30. The summed E-state index contributed by atoms with van der Waals surface area (Å²) in [7, 11) is -7.12. The van der Waals surface area contributed by atoms with E-state index in [0.717, 1.165) is 18.2 Å². The van der Waals surface area contributed by atoms with E-state index in [1.165, 1.54) is 0 Å². The first kappa shape index (κ1) is 15.2. The minimum Gasteiger partial charge on any atom is -0.396 e. The van der Waals surface area contributed by atoms with Crippen LogP contribution < -0.4 is 10.5 Å². The molecule has 1 aliphatic rings. The Hall–Kier alpha value is -1.19. The first-order valence-corrected chi connectivity index (χ1v) is 9.28. The summed E-state index contributed by atoms with van der Waals surface area (Å²) in [6, 6.07) is 2.40. The lowest BCUT2D eigenvalue weighted by molar-refractivity contribution is 0.517. The minimum atomic E-state index is -3.91. The van der Waals surface area contributed by atoms with E-state index in [1.54, 1.807) is 0 Å². The van der Waals surface area contributed by atoms with Crippen LogP contribution in [0, 0.1) is 5.82 Å². The van der Waals surface area contributed by atoms with Crippen molar-refractivity contribution in [3.8, 4) is 0 Å². The van der Waals surface area contributed by atoms with Crippen LogP contribution in [0.5, 0.6) is 0 Å². The molecule has 1 aromatic rings. The fraction of sp³-hybridized carbons (Fsp3) is 0.455. The molecule has 0 bridgehead atoms. The average Bonchev–Trinajstić information content (AvgIpc) is 2.30. The summed E-state index contributed by atoms with van der Waals surface area (Å²) in [6.07, 6.45) is 0.871. The maximum absolute atomic E-state index is 13.0. The van der Waals surface area contributed by atoms with Crippen LogP contribution in [0.1, 0.15) is 12.8 Å². The largest absolute Gasteiger partial charge is 0.396 e. The quantitative estimate of drug-likeness (QED) is 0.777. The number of nitrogen functional groups attached to an aromatic ring is 1. The van der Waals surface area contributed by atoms with Crippen molar-refractivity contribution in [3.63, 3.8) is 0 Å². The molecule has 0 aliphatic carbocycles. The fourth-order valence-corrected chi connectivity index (χ4v) is 5.14. The summed E-state index contributed by atoms with van der Waals surface area (Å²) in [5.41, 5.74) is 5.06. The second-order valence-electron chi connectivity index (χ2n) is 4.76. The first-order chi connectivity index (χ1) is 9.20. The van der Waals surface area contributed by atoms with Crippen LogP contribution in [-0.4, -0.2) is 34.4 Å². The van der Waals surface area contributed by atoms with Crippen LogP contribution in [0.3, 0.4) is 0 Å². The number of rotatable bonds is 3. The Labute approximate surface area is 117 Å². The Kier molecular flexibility index (Phi) is 4.03. The zero-order valence-corrected chi connectivity index (χ0v) is 12.2. The smallest absolute Gasteiger partial charge is 0.240 e. The molecule has 1 fully saturated rings. The molecule has 6 nitrogen and oxygen atoms in total. The van der Waals surface area contributed by atoms with E-state index < -0.39 is 31.7 Å². The van der Waals surface area contributed by atoms with Gasteiger partial charge in [0.05, 0.1) is 22.1 Å². The minimum absolute atomic E-state index is 0.0781. The van der Waals surface area contributed by atoms with Crippen LogP contribution in [0.25, 0.3) is 0 Å². The lowest BCUT2D eigenvalue weighted by Gasteiger charge is -2.22. The van der Waals surface area contributed by atoms with Crippen molar-refractivity contribution in [1.82, 2.24) is 4.72 Å². The molecule has 0 radical (unpaired) electrons. The molecule has 1 aromatic carbocycles. The maximum Gasteiger partial charge on any atom is 0.240 e. The van der Waals surface area contributed by atoms with Gasteiger partial charge in [-0.25, -0.2) is 25.9 Å². The van der Waals surface area contributed by atoms with Gasteiger partial charge in [-0.05, 0) is 31.0 Å². The maximum atomic E-state index is 13.0. The monoisotopic (exact) mass is 322 g/mol. The van der Waals surface area contributed by atoms with Crippen molar-refractivity contribution in [2.75, 3.05) is 17.2 Å². The SMILES string of the molecule is Nc1cc(S(=O)(=O)NC2CCCS(=O)(=O)C2)ccc1F. The Bertz CT molecular complexity index is 716. The standard InChI is InChI=1S/C11H15FN2O4S2/c12-10-4-3-9(6-11(10)13)20(17,18)14-8-2-1-5-19(15,16)7-8/h3-4,6,8,14H,1-2,5,7,13H2. The third-order valence-electron chi connectivity index (χ3n) is 3.06. The van der Waals surface area contributed by atoms with Gasteiger partial charge in [0, 0.05) is 6.04 Å². The normalized spacial score (nSPS) is 22.6. The van der Waals surface area contributed by atoms with Crippen LogP contribution in [0.2, 0.25) is 0 Å². The zero-order chi connectivity index (χ0) is 15.0. The summed E-state index contributed by atoms with van der Waals surface area (Å²) >= 11 is 0. The van der Waals surface area contributed by atoms with Crippen molar-refractivity contribution >= 4 is 25.5 Å². The molecule has 1 saturated heterocycles. The Morgan fingerprint density at radius 1 is 1.35 bits per heavy atom. The predicted molar refractivity (Wildman–Crippen MR) is 72.8 cm³/mol. The Balaban J connectivity index is 2.21. The molecule has 112 valence electrons. The van der Waals surface area contributed by atoms with E-state index in [4.69, 9.17) is 5.73 Å². The predicted octanol–water partition coefficient (Wildman–Crippen LogP) is 0.263. The third-order valence-corrected chi connectivity index (χ3v) is 6.40. The van der Waals surface area contributed by atoms with E-state index in [2.05, 4.69) is 4.72 Å². The average molecular weight is 322 g/mol. The zero-order valence-electron chi connectivity index (χ0n) is 10.5. The van der Waals surface area contributed by atoms with Crippen LogP contribution in [0.15, 0.2) is 23.1 Å². The Morgan fingerprint density at radius 3 is 2.65 bits per heavy atom. The molecule has 1 atom stereocenters. The molecule has 1 aliphatic heterocycles.